The van der Waals surface area contributed by atoms with E-state index in [0.29, 0.717) is 13.2 Å². The minimum absolute atomic E-state index is 0.227. The van der Waals surface area contributed by atoms with Crippen molar-refractivity contribution in [2.24, 2.45) is 0 Å². The summed E-state index contributed by atoms with van der Waals surface area (Å²) < 4.78 is 17.8. The Morgan fingerprint density at radius 1 is 1.14 bits per heavy atom. The first-order valence-corrected chi connectivity index (χ1v) is 7.80. The van der Waals surface area contributed by atoms with Gasteiger partial charge in [0.05, 0.1) is 6.61 Å². The van der Waals surface area contributed by atoms with Gasteiger partial charge in [-0.25, -0.2) is 4.39 Å². The third kappa shape index (κ3) is 5.32. The predicted molar refractivity (Wildman–Crippen MR) is 85.6 cm³/mol. The Bertz CT molecular complexity index is 577. The number of benzene rings is 2. The lowest BCUT2D eigenvalue weighted by Crippen LogP contribution is -2.18. The van der Waals surface area contributed by atoms with Crippen LogP contribution >= 0.6 is 23.4 Å². The minimum Gasteiger partial charge on any atom is -0.383 e. The molecule has 0 heterocycles. The van der Waals surface area contributed by atoms with Crippen molar-refractivity contribution >= 4 is 23.4 Å². The molecule has 21 heavy (non-hydrogen) atoms. The van der Waals surface area contributed by atoms with Crippen molar-refractivity contribution < 1.29 is 9.13 Å². The van der Waals surface area contributed by atoms with Crippen molar-refractivity contribution in [3.8, 4) is 0 Å². The van der Waals surface area contributed by atoms with Crippen LogP contribution in [0.2, 0.25) is 5.02 Å². The van der Waals surface area contributed by atoms with Crippen molar-refractivity contribution in [1.82, 2.24) is 5.32 Å². The molecule has 112 valence electrons. The molecule has 2 aromatic rings. The molecule has 2 nitrogen and oxygen atoms in total. The summed E-state index contributed by atoms with van der Waals surface area (Å²) in [4.78, 5) is 2.02. The highest BCUT2D eigenvalue weighted by molar-refractivity contribution is 7.99. The van der Waals surface area contributed by atoms with Crippen LogP contribution in [0.4, 0.5) is 4.39 Å². The lowest BCUT2D eigenvalue weighted by Gasteiger charge is -2.08. The quantitative estimate of drug-likeness (QED) is 0.764. The molecule has 0 radical (unpaired) electrons. The normalized spacial score (nSPS) is 10.8. The number of methoxy groups -OCH3 is 1. The molecule has 0 aliphatic carbocycles. The van der Waals surface area contributed by atoms with E-state index in [1.54, 1.807) is 31.0 Å². The molecule has 0 bridgehead atoms. The smallest absolute Gasteiger partial charge is 0.123 e. The lowest BCUT2D eigenvalue weighted by atomic mass is 10.2. The molecule has 0 spiro atoms. The Kier molecular flexibility index (Phi) is 6.51. The van der Waals surface area contributed by atoms with Gasteiger partial charge in [0.1, 0.15) is 5.82 Å². The van der Waals surface area contributed by atoms with Gasteiger partial charge in [0.25, 0.3) is 0 Å². The highest BCUT2D eigenvalue weighted by Gasteiger charge is 2.04. The fourth-order valence-corrected chi connectivity index (χ4v) is 2.94. The van der Waals surface area contributed by atoms with E-state index in [-0.39, 0.29) is 5.82 Å². The topological polar surface area (TPSA) is 21.3 Å². The van der Waals surface area contributed by atoms with Crippen LogP contribution in [0.1, 0.15) is 5.56 Å². The zero-order chi connectivity index (χ0) is 15.1. The summed E-state index contributed by atoms with van der Waals surface area (Å²) in [6.45, 7) is 2.18. The molecule has 0 unspecified atom stereocenters. The summed E-state index contributed by atoms with van der Waals surface area (Å²) in [5.41, 5.74) is 1.05. The fraction of sp³-hybridized carbons (Fsp3) is 0.250. The summed E-state index contributed by atoms with van der Waals surface area (Å²) in [6, 6.07) is 12.4. The number of nitrogens with one attached hydrogen (secondary N) is 1. The summed E-state index contributed by atoms with van der Waals surface area (Å²) in [7, 11) is 1.68. The third-order valence-corrected chi connectivity index (χ3v) is 4.22. The number of rotatable bonds is 7. The van der Waals surface area contributed by atoms with E-state index < -0.39 is 0 Å². The molecule has 5 heteroatoms. The summed E-state index contributed by atoms with van der Waals surface area (Å²) in [5, 5.41) is 3.99. The van der Waals surface area contributed by atoms with Gasteiger partial charge in [0.15, 0.2) is 0 Å². The van der Waals surface area contributed by atoms with E-state index in [0.717, 1.165) is 26.9 Å². The Labute approximate surface area is 133 Å². The van der Waals surface area contributed by atoms with Gasteiger partial charge in [0.2, 0.25) is 0 Å². The molecular formula is C16H17ClFNOS. The van der Waals surface area contributed by atoms with Gasteiger partial charge < -0.3 is 10.1 Å². The molecule has 0 aliphatic rings. The number of ether oxygens (including phenoxy) is 1. The molecule has 0 fully saturated rings. The molecule has 0 aromatic heterocycles. The van der Waals surface area contributed by atoms with Crippen molar-refractivity contribution in [3.63, 3.8) is 0 Å². The standard InChI is InChI=1S/C16H17ClFNOS/c1-20-9-8-19-11-12-2-5-15(10-16(12)17)21-14-6-3-13(18)4-7-14/h2-7,10,19H,8-9,11H2,1H3. The predicted octanol–water partition coefficient (Wildman–Crippen LogP) is 4.37. The van der Waals surface area contributed by atoms with E-state index in [1.165, 1.54) is 12.1 Å². The zero-order valence-electron chi connectivity index (χ0n) is 11.7. The van der Waals surface area contributed by atoms with Crippen LogP contribution < -0.4 is 5.32 Å². The average molecular weight is 326 g/mol. The summed E-state index contributed by atoms with van der Waals surface area (Å²) in [5.74, 6) is -0.227. The Balaban J connectivity index is 1.96. The van der Waals surface area contributed by atoms with E-state index in [9.17, 15) is 4.39 Å². The van der Waals surface area contributed by atoms with Crippen molar-refractivity contribution in [1.29, 1.82) is 0 Å². The molecule has 0 amide bonds. The molecular weight excluding hydrogens is 309 g/mol. The zero-order valence-corrected chi connectivity index (χ0v) is 13.3. The minimum atomic E-state index is -0.227. The molecule has 1 N–H and O–H groups in total. The summed E-state index contributed by atoms with van der Waals surface area (Å²) in [6.07, 6.45) is 0. The molecule has 2 rings (SSSR count). The van der Waals surface area contributed by atoms with Crippen LogP contribution in [-0.2, 0) is 11.3 Å². The maximum atomic E-state index is 12.9. The number of hydrogen-bond acceptors (Lipinski definition) is 3. The van der Waals surface area contributed by atoms with Gasteiger partial charge in [-0.1, -0.05) is 29.4 Å². The summed E-state index contributed by atoms with van der Waals surface area (Å²) >= 11 is 7.85. The van der Waals surface area contributed by atoms with E-state index in [1.807, 2.05) is 18.2 Å². The fourth-order valence-electron chi connectivity index (χ4n) is 1.77. The van der Waals surface area contributed by atoms with Crippen LogP contribution in [0.15, 0.2) is 52.3 Å². The largest absolute Gasteiger partial charge is 0.383 e. The van der Waals surface area contributed by atoms with Gasteiger partial charge in [-0.05, 0) is 42.0 Å². The molecule has 2 aromatic carbocycles. The second-order valence-corrected chi connectivity index (χ2v) is 6.03. The van der Waals surface area contributed by atoms with Gasteiger partial charge in [-0.2, -0.15) is 0 Å². The van der Waals surface area contributed by atoms with Crippen LogP contribution in [0, 0.1) is 5.82 Å². The van der Waals surface area contributed by atoms with E-state index >= 15 is 0 Å². The Morgan fingerprint density at radius 2 is 1.86 bits per heavy atom. The average Bonchev–Trinajstić information content (AvgIpc) is 2.48. The lowest BCUT2D eigenvalue weighted by molar-refractivity contribution is 0.199. The first-order valence-electron chi connectivity index (χ1n) is 6.60. The monoisotopic (exact) mass is 325 g/mol. The van der Waals surface area contributed by atoms with Gasteiger partial charge in [-0.3, -0.25) is 0 Å². The molecule has 0 atom stereocenters. The SMILES string of the molecule is COCCNCc1ccc(Sc2ccc(F)cc2)cc1Cl. The second kappa shape index (κ2) is 8.39. The Morgan fingerprint density at radius 3 is 2.52 bits per heavy atom. The van der Waals surface area contributed by atoms with Crippen molar-refractivity contribution in [2.45, 2.75) is 16.3 Å². The van der Waals surface area contributed by atoms with Crippen LogP contribution in [0.25, 0.3) is 0 Å². The highest BCUT2D eigenvalue weighted by Crippen LogP contribution is 2.30. The van der Waals surface area contributed by atoms with Gasteiger partial charge in [-0.15, -0.1) is 0 Å². The maximum Gasteiger partial charge on any atom is 0.123 e. The first kappa shape index (κ1) is 16.3. The van der Waals surface area contributed by atoms with Gasteiger partial charge >= 0.3 is 0 Å². The van der Waals surface area contributed by atoms with Crippen LogP contribution in [0.3, 0.4) is 0 Å². The molecule has 0 aliphatic heterocycles. The van der Waals surface area contributed by atoms with Crippen molar-refractivity contribution in [3.05, 3.63) is 58.9 Å². The first-order chi connectivity index (χ1) is 10.2. The maximum absolute atomic E-state index is 12.9. The van der Waals surface area contributed by atoms with Crippen LogP contribution in [-0.4, -0.2) is 20.3 Å². The number of hydrogen-bond donors (Lipinski definition) is 1. The number of halogens is 2. The molecule has 0 saturated heterocycles. The third-order valence-electron chi connectivity index (χ3n) is 2.87. The Hall–Kier alpha value is -1.07. The van der Waals surface area contributed by atoms with E-state index in [2.05, 4.69) is 5.32 Å². The van der Waals surface area contributed by atoms with Gasteiger partial charge in [0, 0.05) is 35.0 Å². The molecule has 0 saturated carbocycles. The van der Waals surface area contributed by atoms with Crippen LogP contribution in [0.5, 0.6) is 0 Å². The van der Waals surface area contributed by atoms with E-state index in [4.69, 9.17) is 16.3 Å². The second-order valence-electron chi connectivity index (χ2n) is 4.48. The highest BCUT2D eigenvalue weighted by atomic mass is 35.5. The van der Waals surface area contributed by atoms with Crippen molar-refractivity contribution in [2.75, 3.05) is 20.3 Å².